The molecule has 3 aromatic carbocycles. The van der Waals surface area contributed by atoms with Gasteiger partial charge in [-0.3, -0.25) is 0 Å². The molecule has 27 heavy (non-hydrogen) atoms. The molecule has 134 valence electrons. The van der Waals surface area contributed by atoms with Crippen LogP contribution in [0.3, 0.4) is 0 Å². The largest absolute Gasteiger partial charge is 0.418 e. The summed E-state index contributed by atoms with van der Waals surface area (Å²) in [4.78, 5) is 0. The van der Waals surface area contributed by atoms with Crippen LogP contribution in [0.2, 0.25) is 5.02 Å². The van der Waals surface area contributed by atoms with Crippen molar-refractivity contribution in [2.45, 2.75) is 13.0 Å². The fourth-order valence-corrected chi connectivity index (χ4v) is 3.01. The lowest BCUT2D eigenvalue weighted by atomic mass is 10.1. The van der Waals surface area contributed by atoms with E-state index in [1.807, 2.05) is 85.8 Å². The molecule has 0 saturated carbocycles. The fraction of sp³-hybridized carbons (Fsp3) is 0.0909. The summed E-state index contributed by atoms with van der Waals surface area (Å²) < 4.78 is 5.99. The Hall–Kier alpha value is -3.11. The first-order chi connectivity index (χ1) is 13.2. The van der Waals surface area contributed by atoms with Gasteiger partial charge in [0, 0.05) is 16.3 Å². The molecule has 0 fully saturated rings. The predicted octanol–water partition coefficient (Wildman–Crippen LogP) is 5.90. The van der Waals surface area contributed by atoms with Crippen molar-refractivity contribution in [1.82, 2.24) is 10.2 Å². The minimum Gasteiger partial charge on any atom is -0.418 e. The molecule has 1 N–H and O–H groups in total. The van der Waals surface area contributed by atoms with Gasteiger partial charge in [-0.25, -0.2) is 0 Å². The van der Waals surface area contributed by atoms with Crippen LogP contribution < -0.4 is 5.32 Å². The average Bonchev–Trinajstić information content (AvgIpc) is 3.20. The highest BCUT2D eigenvalue weighted by molar-refractivity contribution is 6.31. The van der Waals surface area contributed by atoms with Crippen LogP contribution in [-0.2, 0) is 0 Å². The highest BCUT2D eigenvalue weighted by Crippen LogP contribution is 2.30. The van der Waals surface area contributed by atoms with Crippen LogP contribution in [0.4, 0.5) is 5.69 Å². The molecule has 0 saturated heterocycles. The minimum atomic E-state index is -0.282. The molecule has 0 bridgehead atoms. The van der Waals surface area contributed by atoms with Gasteiger partial charge in [-0.05, 0) is 42.3 Å². The molecule has 4 rings (SSSR count). The van der Waals surface area contributed by atoms with Gasteiger partial charge in [-0.2, -0.15) is 0 Å². The van der Waals surface area contributed by atoms with Gasteiger partial charge in [0.1, 0.15) is 6.04 Å². The van der Waals surface area contributed by atoms with Crippen molar-refractivity contribution in [2.75, 3.05) is 5.32 Å². The normalized spacial score (nSPS) is 11.9. The Morgan fingerprint density at radius 3 is 2.30 bits per heavy atom. The summed E-state index contributed by atoms with van der Waals surface area (Å²) in [5.74, 6) is 0.993. The van der Waals surface area contributed by atoms with E-state index in [9.17, 15) is 0 Å². The number of aryl methyl sites for hydroxylation is 1. The van der Waals surface area contributed by atoms with Crippen molar-refractivity contribution in [3.63, 3.8) is 0 Å². The number of hydrogen-bond donors (Lipinski definition) is 1. The molecule has 1 atom stereocenters. The fourth-order valence-electron chi connectivity index (χ4n) is 2.83. The van der Waals surface area contributed by atoms with Gasteiger partial charge in [0.15, 0.2) is 0 Å². The quantitative estimate of drug-likeness (QED) is 0.471. The second-order valence-corrected chi connectivity index (χ2v) is 6.67. The van der Waals surface area contributed by atoms with Crippen LogP contribution >= 0.6 is 11.6 Å². The van der Waals surface area contributed by atoms with Gasteiger partial charge in [-0.1, -0.05) is 66.2 Å². The zero-order valence-corrected chi connectivity index (χ0v) is 15.5. The van der Waals surface area contributed by atoms with E-state index in [0.29, 0.717) is 16.8 Å². The Morgan fingerprint density at radius 1 is 0.889 bits per heavy atom. The maximum absolute atomic E-state index is 6.28. The summed E-state index contributed by atoms with van der Waals surface area (Å²) in [6.45, 7) is 1.98. The van der Waals surface area contributed by atoms with Crippen LogP contribution in [-0.4, -0.2) is 10.2 Å². The molecule has 0 aliphatic heterocycles. The third-order valence-corrected chi connectivity index (χ3v) is 4.73. The molecule has 0 aliphatic carbocycles. The lowest BCUT2D eigenvalue weighted by Gasteiger charge is -2.17. The van der Waals surface area contributed by atoms with Gasteiger partial charge >= 0.3 is 0 Å². The number of halogens is 1. The summed E-state index contributed by atoms with van der Waals surface area (Å²) in [5.41, 5.74) is 3.83. The summed E-state index contributed by atoms with van der Waals surface area (Å²) in [7, 11) is 0. The molecular formula is C22H18ClN3O. The lowest BCUT2D eigenvalue weighted by molar-refractivity contribution is 0.494. The Labute approximate surface area is 162 Å². The van der Waals surface area contributed by atoms with E-state index >= 15 is 0 Å². The topological polar surface area (TPSA) is 51.0 Å². The van der Waals surface area contributed by atoms with E-state index in [1.165, 1.54) is 0 Å². The predicted molar refractivity (Wildman–Crippen MR) is 108 cm³/mol. The third kappa shape index (κ3) is 3.86. The zero-order valence-electron chi connectivity index (χ0n) is 14.8. The van der Waals surface area contributed by atoms with E-state index in [1.54, 1.807) is 0 Å². The van der Waals surface area contributed by atoms with Crippen molar-refractivity contribution in [1.29, 1.82) is 0 Å². The molecule has 0 aliphatic rings. The number of hydrogen-bond acceptors (Lipinski definition) is 4. The van der Waals surface area contributed by atoms with Crippen LogP contribution in [0.1, 0.15) is 23.1 Å². The number of benzene rings is 3. The number of rotatable bonds is 5. The van der Waals surface area contributed by atoms with E-state index in [4.69, 9.17) is 16.0 Å². The van der Waals surface area contributed by atoms with E-state index < -0.39 is 0 Å². The number of anilines is 1. The van der Waals surface area contributed by atoms with Crippen molar-refractivity contribution in [2.24, 2.45) is 0 Å². The second-order valence-electron chi connectivity index (χ2n) is 6.26. The minimum absolute atomic E-state index is 0.282. The molecule has 5 heteroatoms. The van der Waals surface area contributed by atoms with Crippen molar-refractivity contribution < 1.29 is 4.42 Å². The van der Waals surface area contributed by atoms with Crippen LogP contribution in [0.5, 0.6) is 0 Å². The van der Waals surface area contributed by atoms with E-state index in [2.05, 4.69) is 15.5 Å². The van der Waals surface area contributed by atoms with Crippen molar-refractivity contribution in [3.8, 4) is 11.5 Å². The smallest absolute Gasteiger partial charge is 0.247 e. The molecule has 0 spiro atoms. The van der Waals surface area contributed by atoms with E-state index in [0.717, 1.165) is 22.4 Å². The zero-order chi connectivity index (χ0) is 18.6. The maximum atomic E-state index is 6.28. The number of aromatic nitrogens is 2. The van der Waals surface area contributed by atoms with Gasteiger partial charge in [-0.15, -0.1) is 10.2 Å². The van der Waals surface area contributed by atoms with Crippen LogP contribution in [0, 0.1) is 6.92 Å². The molecule has 4 nitrogen and oxygen atoms in total. The first-order valence-electron chi connectivity index (χ1n) is 8.67. The van der Waals surface area contributed by atoms with Gasteiger partial charge in [0.25, 0.3) is 0 Å². The SMILES string of the molecule is Cc1ccc(N[C@H](c2ccccc2)c2nnc(-c3ccccc3)o2)cc1Cl. The van der Waals surface area contributed by atoms with Gasteiger partial charge < -0.3 is 9.73 Å². The summed E-state index contributed by atoms with van der Waals surface area (Å²) >= 11 is 6.28. The average molecular weight is 376 g/mol. The molecule has 0 amide bonds. The standard InChI is InChI=1S/C22H18ClN3O/c1-15-12-13-18(14-19(15)23)24-20(16-8-4-2-5-9-16)22-26-25-21(27-22)17-10-6-3-7-11-17/h2-14,20,24H,1H3/t20-/m1/s1. The van der Waals surface area contributed by atoms with Crippen molar-refractivity contribution >= 4 is 17.3 Å². The molecule has 4 aromatic rings. The van der Waals surface area contributed by atoms with Gasteiger partial charge in [0.05, 0.1) is 0 Å². The van der Waals surface area contributed by atoms with E-state index in [-0.39, 0.29) is 6.04 Å². The van der Waals surface area contributed by atoms with Crippen LogP contribution in [0.25, 0.3) is 11.5 Å². The Morgan fingerprint density at radius 2 is 1.59 bits per heavy atom. The molecular weight excluding hydrogens is 358 g/mol. The second kappa shape index (κ2) is 7.64. The maximum Gasteiger partial charge on any atom is 0.247 e. The molecule has 0 unspecified atom stereocenters. The summed E-state index contributed by atoms with van der Waals surface area (Å²) in [5, 5.41) is 12.7. The van der Waals surface area contributed by atoms with Crippen LogP contribution in [0.15, 0.2) is 83.3 Å². The molecule has 1 aromatic heterocycles. The number of nitrogens with zero attached hydrogens (tertiary/aromatic N) is 2. The highest BCUT2D eigenvalue weighted by atomic mass is 35.5. The first-order valence-corrected chi connectivity index (χ1v) is 9.05. The molecule has 1 heterocycles. The van der Waals surface area contributed by atoms with Crippen molar-refractivity contribution in [3.05, 3.63) is 101 Å². The molecule has 0 radical (unpaired) electrons. The number of nitrogens with one attached hydrogen (secondary N) is 1. The summed E-state index contributed by atoms with van der Waals surface area (Å²) in [6.07, 6.45) is 0. The Kier molecular flexibility index (Phi) is 4.90. The summed E-state index contributed by atoms with van der Waals surface area (Å²) in [6, 6.07) is 25.3. The highest BCUT2D eigenvalue weighted by Gasteiger charge is 2.21. The Balaban J connectivity index is 1.70. The first kappa shape index (κ1) is 17.3. The Bertz CT molecular complexity index is 1030. The lowest BCUT2D eigenvalue weighted by Crippen LogP contribution is -2.13. The monoisotopic (exact) mass is 375 g/mol. The third-order valence-electron chi connectivity index (χ3n) is 4.32. The van der Waals surface area contributed by atoms with Gasteiger partial charge in [0.2, 0.25) is 11.8 Å².